The first-order valence-corrected chi connectivity index (χ1v) is 7.47. The predicted octanol–water partition coefficient (Wildman–Crippen LogP) is 3.96. The van der Waals surface area contributed by atoms with Gasteiger partial charge in [0.2, 0.25) is 0 Å². The lowest BCUT2D eigenvalue weighted by molar-refractivity contribution is 0.0503. The first-order chi connectivity index (χ1) is 9.15. The molecule has 1 aromatic heterocycles. The Morgan fingerprint density at radius 1 is 1.11 bits per heavy atom. The van der Waals surface area contributed by atoms with Gasteiger partial charge in [-0.05, 0) is 18.6 Å². The van der Waals surface area contributed by atoms with Crippen LogP contribution in [0.1, 0.15) is 64.8 Å². The number of hydrogen-bond donors (Lipinski definition) is 1. The number of aromatic carboxylic acids is 1. The Labute approximate surface area is 117 Å². The fourth-order valence-electron chi connectivity index (χ4n) is 1.68. The summed E-state index contributed by atoms with van der Waals surface area (Å²) in [4.78, 5) is 22.8. The van der Waals surface area contributed by atoms with E-state index >= 15 is 0 Å². The number of rotatable bonds is 9. The van der Waals surface area contributed by atoms with E-state index < -0.39 is 11.9 Å². The quantitative estimate of drug-likeness (QED) is 0.550. The smallest absolute Gasteiger partial charge is 0.348 e. The highest BCUT2D eigenvalue weighted by Gasteiger charge is 2.13. The molecule has 0 fully saturated rings. The fourth-order valence-corrected chi connectivity index (χ4v) is 2.42. The number of thiophene rings is 1. The van der Waals surface area contributed by atoms with Crippen molar-refractivity contribution in [2.75, 3.05) is 6.61 Å². The molecule has 0 aromatic carbocycles. The van der Waals surface area contributed by atoms with E-state index in [1.54, 1.807) is 0 Å². The Balaban J connectivity index is 2.18. The average molecular weight is 284 g/mol. The van der Waals surface area contributed by atoms with Gasteiger partial charge < -0.3 is 9.84 Å². The third-order valence-corrected chi connectivity index (χ3v) is 3.80. The van der Waals surface area contributed by atoms with Gasteiger partial charge in [-0.25, -0.2) is 9.59 Å². The Bertz CT molecular complexity index is 411. The molecule has 1 N–H and O–H groups in total. The van der Waals surface area contributed by atoms with Crippen LogP contribution in [0.4, 0.5) is 0 Å². The molecule has 0 saturated carbocycles. The van der Waals surface area contributed by atoms with E-state index in [-0.39, 0.29) is 4.88 Å². The monoisotopic (exact) mass is 284 g/mol. The third-order valence-electron chi connectivity index (χ3n) is 2.75. The van der Waals surface area contributed by atoms with Crippen LogP contribution in [-0.2, 0) is 4.74 Å². The van der Waals surface area contributed by atoms with Gasteiger partial charge >= 0.3 is 11.9 Å². The first kappa shape index (κ1) is 15.7. The van der Waals surface area contributed by atoms with Crippen LogP contribution in [0.15, 0.2) is 12.1 Å². The number of carbonyl (C=O) groups excluding carboxylic acids is 1. The van der Waals surface area contributed by atoms with Crippen molar-refractivity contribution in [1.82, 2.24) is 0 Å². The van der Waals surface area contributed by atoms with Crippen molar-refractivity contribution in [1.29, 1.82) is 0 Å². The fraction of sp³-hybridized carbons (Fsp3) is 0.571. The molecular weight excluding hydrogens is 264 g/mol. The minimum atomic E-state index is -1.01. The van der Waals surface area contributed by atoms with E-state index in [0.717, 1.165) is 24.2 Å². The second kappa shape index (κ2) is 8.69. The van der Waals surface area contributed by atoms with Crippen LogP contribution in [0.2, 0.25) is 0 Å². The normalized spacial score (nSPS) is 10.4. The zero-order valence-electron chi connectivity index (χ0n) is 11.2. The highest BCUT2D eigenvalue weighted by molar-refractivity contribution is 7.15. The molecule has 0 atom stereocenters. The molecule has 4 nitrogen and oxygen atoms in total. The van der Waals surface area contributed by atoms with Gasteiger partial charge in [0.15, 0.2) is 0 Å². The number of carboxylic acids is 1. The summed E-state index contributed by atoms with van der Waals surface area (Å²) in [6.45, 7) is 2.58. The highest BCUT2D eigenvalue weighted by Crippen LogP contribution is 2.17. The van der Waals surface area contributed by atoms with Gasteiger partial charge in [0.25, 0.3) is 0 Å². The molecule has 0 radical (unpaired) electrons. The van der Waals surface area contributed by atoms with Crippen LogP contribution in [0, 0.1) is 0 Å². The van der Waals surface area contributed by atoms with Gasteiger partial charge in [-0.15, -0.1) is 11.3 Å². The number of unbranched alkanes of at least 4 members (excludes halogenated alkanes) is 5. The molecule has 106 valence electrons. The van der Waals surface area contributed by atoms with Crippen molar-refractivity contribution in [3.63, 3.8) is 0 Å². The molecule has 5 heteroatoms. The molecule has 0 aliphatic heterocycles. The van der Waals surface area contributed by atoms with E-state index in [9.17, 15) is 9.59 Å². The standard InChI is InChI=1S/C14H20O4S/c1-2-3-4-5-6-7-10-18-14(17)12-9-8-11(19-12)13(15)16/h8-9H,2-7,10H2,1H3,(H,15,16). The van der Waals surface area contributed by atoms with Crippen molar-refractivity contribution in [3.8, 4) is 0 Å². The Morgan fingerprint density at radius 3 is 2.37 bits per heavy atom. The lowest BCUT2D eigenvalue weighted by atomic mass is 10.1. The predicted molar refractivity (Wildman–Crippen MR) is 74.9 cm³/mol. The van der Waals surface area contributed by atoms with Crippen LogP contribution in [-0.4, -0.2) is 23.7 Å². The minimum absolute atomic E-state index is 0.159. The van der Waals surface area contributed by atoms with E-state index in [1.165, 1.54) is 37.8 Å². The Hall–Kier alpha value is -1.36. The number of hydrogen-bond acceptors (Lipinski definition) is 4. The van der Waals surface area contributed by atoms with Gasteiger partial charge in [0, 0.05) is 0 Å². The summed E-state index contributed by atoms with van der Waals surface area (Å²) in [5, 5.41) is 8.76. The molecule has 19 heavy (non-hydrogen) atoms. The average Bonchev–Trinajstić information content (AvgIpc) is 2.87. The lowest BCUT2D eigenvalue weighted by Crippen LogP contribution is -2.04. The number of esters is 1. The second-order valence-corrected chi connectivity index (χ2v) is 5.46. The molecule has 0 aliphatic rings. The van der Waals surface area contributed by atoms with Gasteiger partial charge in [0.05, 0.1) is 6.61 Å². The van der Waals surface area contributed by atoms with Crippen LogP contribution in [0.25, 0.3) is 0 Å². The van der Waals surface area contributed by atoms with Gasteiger partial charge in [-0.3, -0.25) is 0 Å². The van der Waals surface area contributed by atoms with Crippen LogP contribution in [0.3, 0.4) is 0 Å². The van der Waals surface area contributed by atoms with E-state index in [2.05, 4.69) is 6.92 Å². The number of carbonyl (C=O) groups is 2. The van der Waals surface area contributed by atoms with E-state index in [1.807, 2.05) is 0 Å². The number of ether oxygens (including phenoxy) is 1. The van der Waals surface area contributed by atoms with Gasteiger partial charge in [0.1, 0.15) is 9.75 Å². The molecule has 1 rings (SSSR count). The van der Waals surface area contributed by atoms with E-state index in [4.69, 9.17) is 9.84 Å². The maximum Gasteiger partial charge on any atom is 0.348 e. The molecule has 0 amide bonds. The SMILES string of the molecule is CCCCCCCCOC(=O)c1ccc(C(=O)O)s1. The summed E-state index contributed by atoms with van der Waals surface area (Å²) in [5.74, 6) is -1.44. The summed E-state index contributed by atoms with van der Waals surface area (Å²) in [7, 11) is 0. The second-order valence-electron chi connectivity index (χ2n) is 4.37. The topological polar surface area (TPSA) is 63.6 Å². The molecule has 0 unspecified atom stereocenters. The van der Waals surface area contributed by atoms with Crippen molar-refractivity contribution in [2.24, 2.45) is 0 Å². The Kier molecular flexibility index (Phi) is 7.18. The summed E-state index contributed by atoms with van der Waals surface area (Å²) in [6, 6.07) is 2.92. The summed E-state index contributed by atoms with van der Waals surface area (Å²) >= 11 is 0.950. The molecule has 0 spiro atoms. The number of carboxylic acid groups (broad SMARTS) is 1. The zero-order valence-corrected chi connectivity index (χ0v) is 12.0. The third kappa shape index (κ3) is 5.87. The van der Waals surface area contributed by atoms with Crippen molar-refractivity contribution in [2.45, 2.75) is 45.4 Å². The van der Waals surface area contributed by atoms with Crippen LogP contribution in [0.5, 0.6) is 0 Å². The Morgan fingerprint density at radius 2 is 1.74 bits per heavy atom. The van der Waals surface area contributed by atoms with Crippen LogP contribution >= 0.6 is 11.3 Å². The van der Waals surface area contributed by atoms with Gasteiger partial charge in [-0.1, -0.05) is 39.0 Å². The zero-order chi connectivity index (χ0) is 14.1. The van der Waals surface area contributed by atoms with Crippen molar-refractivity contribution in [3.05, 3.63) is 21.9 Å². The van der Waals surface area contributed by atoms with Gasteiger partial charge in [-0.2, -0.15) is 0 Å². The minimum Gasteiger partial charge on any atom is -0.477 e. The summed E-state index contributed by atoms with van der Waals surface area (Å²) in [5.41, 5.74) is 0. The summed E-state index contributed by atoms with van der Waals surface area (Å²) < 4.78 is 5.11. The lowest BCUT2D eigenvalue weighted by Gasteiger charge is -2.03. The molecular formula is C14H20O4S. The van der Waals surface area contributed by atoms with Crippen LogP contribution < -0.4 is 0 Å². The largest absolute Gasteiger partial charge is 0.477 e. The molecule has 1 heterocycles. The molecule has 1 aromatic rings. The molecule has 0 bridgehead atoms. The summed E-state index contributed by atoms with van der Waals surface area (Å²) in [6.07, 6.45) is 6.82. The first-order valence-electron chi connectivity index (χ1n) is 6.65. The van der Waals surface area contributed by atoms with E-state index in [0.29, 0.717) is 11.5 Å². The maximum atomic E-state index is 11.6. The van der Waals surface area contributed by atoms with Crippen molar-refractivity contribution >= 4 is 23.3 Å². The highest BCUT2D eigenvalue weighted by atomic mass is 32.1. The molecule has 0 aliphatic carbocycles. The van der Waals surface area contributed by atoms with Crippen molar-refractivity contribution < 1.29 is 19.4 Å². The maximum absolute atomic E-state index is 11.6. The molecule has 0 saturated heterocycles.